The van der Waals surface area contributed by atoms with E-state index in [4.69, 9.17) is 0 Å². The third kappa shape index (κ3) is 3.31. The minimum atomic E-state index is -1.67. The Kier molecular flexibility index (Phi) is 5.20. The molecule has 0 bridgehead atoms. The van der Waals surface area contributed by atoms with Crippen LogP contribution in [0.2, 0.25) is 0 Å². The summed E-state index contributed by atoms with van der Waals surface area (Å²) in [4.78, 5) is 15.6. The maximum atomic E-state index is 13.7. The molecule has 1 N–H and O–H groups in total. The summed E-state index contributed by atoms with van der Waals surface area (Å²) in [6.45, 7) is 2.78. The van der Waals surface area contributed by atoms with Crippen molar-refractivity contribution < 1.29 is 22.4 Å². The molecule has 1 aliphatic heterocycles. The van der Waals surface area contributed by atoms with Crippen LogP contribution in [0.5, 0.6) is 0 Å². The molecule has 1 aliphatic rings. The molecule has 2 heterocycles. The van der Waals surface area contributed by atoms with Crippen molar-refractivity contribution in [3.8, 4) is 0 Å². The number of rotatable bonds is 4. The van der Waals surface area contributed by atoms with Gasteiger partial charge in [-0.2, -0.15) is 22.5 Å². The van der Waals surface area contributed by atoms with Crippen LogP contribution in [0.25, 0.3) is 0 Å². The zero-order valence-electron chi connectivity index (χ0n) is 12.1. The van der Waals surface area contributed by atoms with Gasteiger partial charge < -0.3 is 10.2 Å². The lowest BCUT2D eigenvalue weighted by atomic mass is 9.95. The molecule has 4 nitrogen and oxygen atoms in total. The first-order valence-corrected chi connectivity index (χ1v) is 7.18. The Balaban J connectivity index is 2.08. The Morgan fingerprint density at radius 3 is 2.23 bits per heavy atom. The van der Waals surface area contributed by atoms with E-state index >= 15 is 0 Å². The van der Waals surface area contributed by atoms with Crippen LogP contribution in [0.3, 0.4) is 0 Å². The molecule has 122 valence electrons. The fourth-order valence-corrected chi connectivity index (χ4v) is 2.51. The molecule has 1 fully saturated rings. The SMILES string of the molecule is CCCNC(=O)C1CCN(c2c(F)c(F)nc(F)c2F)CC1. The summed E-state index contributed by atoms with van der Waals surface area (Å²) < 4.78 is 53.6. The van der Waals surface area contributed by atoms with E-state index in [1.54, 1.807) is 0 Å². The highest BCUT2D eigenvalue weighted by atomic mass is 19.2. The van der Waals surface area contributed by atoms with Gasteiger partial charge in [-0.05, 0) is 19.3 Å². The summed E-state index contributed by atoms with van der Waals surface area (Å²) in [5.74, 6) is -6.71. The van der Waals surface area contributed by atoms with Gasteiger partial charge >= 0.3 is 0 Å². The zero-order chi connectivity index (χ0) is 16.3. The van der Waals surface area contributed by atoms with E-state index in [-0.39, 0.29) is 24.9 Å². The number of piperidine rings is 1. The molecule has 1 aromatic heterocycles. The number of nitrogens with one attached hydrogen (secondary N) is 1. The lowest BCUT2D eigenvalue weighted by Gasteiger charge is -2.33. The first kappa shape index (κ1) is 16.5. The zero-order valence-corrected chi connectivity index (χ0v) is 12.1. The molecule has 0 spiro atoms. The van der Waals surface area contributed by atoms with E-state index in [2.05, 4.69) is 10.3 Å². The summed E-state index contributed by atoms with van der Waals surface area (Å²) in [5, 5.41) is 2.76. The second kappa shape index (κ2) is 6.93. The number of hydrogen-bond donors (Lipinski definition) is 1. The van der Waals surface area contributed by atoms with Crippen LogP contribution in [-0.2, 0) is 4.79 Å². The van der Waals surface area contributed by atoms with Crippen LogP contribution < -0.4 is 10.2 Å². The van der Waals surface area contributed by atoms with Gasteiger partial charge in [-0.1, -0.05) is 6.92 Å². The van der Waals surface area contributed by atoms with E-state index in [9.17, 15) is 22.4 Å². The molecule has 0 saturated carbocycles. The molecule has 0 aliphatic carbocycles. The monoisotopic (exact) mass is 319 g/mol. The average molecular weight is 319 g/mol. The highest BCUT2D eigenvalue weighted by Crippen LogP contribution is 2.30. The minimum Gasteiger partial charge on any atom is -0.366 e. The number of amides is 1. The van der Waals surface area contributed by atoms with Crippen molar-refractivity contribution in [2.24, 2.45) is 5.92 Å². The second-order valence-electron chi connectivity index (χ2n) is 5.22. The quantitative estimate of drug-likeness (QED) is 0.685. The topological polar surface area (TPSA) is 45.2 Å². The summed E-state index contributed by atoms with van der Waals surface area (Å²) in [6.07, 6.45) is 1.54. The molecular weight excluding hydrogens is 302 g/mol. The molecule has 0 radical (unpaired) electrons. The molecular formula is C14H17F4N3O. The third-order valence-electron chi connectivity index (χ3n) is 3.71. The Morgan fingerprint density at radius 1 is 1.18 bits per heavy atom. The van der Waals surface area contributed by atoms with E-state index in [1.165, 1.54) is 4.90 Å². The van der Waals surface area contributed by atoms with Gasteiger partial charge in [-0.25, -0.2) is 0 Å². The van der Waals surface area contributed by atoms with Gasteiger partial charge in [0.1, 0.15) is 5.69 Å². The Labute approximate surface area is 125 Å². The first-order valence-electron chi connectivity index (χ1n) is 7.18. The van der Waals surface area contributed by atoms with Crippen LogP contribution in [0.1, 0.15) is 26.2 Å². The molecule has 2 rings (SSSR count). The van der Waals surface area contributed by atoms with E-state index in [0.29, 0.717) is 19.4 Å². The highest BCUT2D eigenvalue weighted by molar-refractivity contribution is 5.79. The fraction of sp³-hybridized carbons (Fsp3) is 0.571. The smallest absolute Gasteiger partial charge is 0.253 e. The van der Waals surface area contributed by atoms with Crippen LogP contribution in [0.15, 0.2) is 0 Å². The van der Waals surface area contributed by atoms with Crippen molar-refractivity contribution in [1.82, 2.24) is 10.3 Å². The number of aromatic nitrogens is 1. The van der Waals surface area contributed by atoms with Gasteiger partial charge in [0.25, 0.3) is 11.9 Å². The van der Waals surface area contributed by atoms with Crippen LogP contribution in [-0.4, -0.2) is 30.5 Å². The summed E-state index contributed by atoms with van der Waals surface area (Å²) in [5.41, 5.74) is -0.752. The lowest BCUT2D eigenvalue weighted by molar-refractivity contribution is -0.125. The van der Waals surface area contributed by atoms with Crippen molar-refractivity contribution in [3.05, 3.63) is 23.5 Å². The predicted molar refractivity (Wildman–Crippen MR) is 72.3 cm³/mol. The fourth-order valence-electron chi connectivity index (χ4n) is 2.51. The molecule has 0 aromatic carbocycles. The van der Waals surface area contributed by atoms with Gasteiger partial charge in [0, 0.05) is 25.6 Å². The van der Waals surface area contributed by atoms with Gasteiger partial charge in [0.05, 0.1) is 0 Å². The van der Waals surface area contributed by atoms with Gasteiger partial charge in [0.2, 0.25) is 17.5 Å². The Hall–Kier alpha value is -1.86. The van der Waals surface area contributed by atoms with E-state index in [1.807, 2.05) is 6.92 Å². The molecule has 1 saturated heterocycles. The standard InChI is InChI=1S/C14H17F4N3O/c1-2-5-19-14(22)8-3-6-21(7-4-8)11-9(15)12(17)20-13(18)10(11)16/h8H,2-7H2,1H3,(H,19,22). The number of carbonyl (C=O) groups is 1. The number of hydrogen-bond acceptors (Lipinski definition) is 3. The molecule has 1 amide bonds. The normalized spacial score (nSPS) is 16.0. The van der Waals surface area contributed by atoms with Crippen molar-refractivity contribution >= 4 is 11.6 Å². The molecule has 0 atom stereocenters. The van der Waals surface area contributed by atoms with Crippen molar-refractivity contribution in [2.45, 2.75) is 26.2 Å². The highest BCUT2D eigenvalue weighted by Gasteiger charge is 2.30. The molecule has 1 aromatic rings. The number of carbonyl (C=O) groups excluding carboxylic acids is 1. The molecule has 8 heteroatoms. The van der Waals surface area contributed by atoms with Crippen molar-refractivity contribution in [2.75, 3.05) is 24.5 Å². The molecule has 0 unspecified atom stereocenters. The maximum absolute atomic E-state index is 13.7. The largest absolute Gasteiger partial charge is 0.366 e. The minimum absolute atomic E-state index is 0.102. The summed E-state index contributed by atoms with van der Waals surface area (Å²) >= 11 is 0. The Morgan fingerprint density at radius 2 is 1.73 bits per heavy atom. The van der Waals surface area contributed by atoms with E-state index < -0.39 is 29.2 Å². The van der Waals surface area contributed by atoms with Gasteiger partial charge in [0.15, 0.2) is 0 Å². The molecule has 22 heavy (non-hydrogen) atoms. The van der Waals surface area contributed by atoms with Crippen molar-refractivity contribution in [3.63, 3.8) is 0 Å². The van der Waals surface area contributed by atoms with Crippen LogP contribution in [0.4, 0.5) is 23.2 Å². The number of pyridine rings is 1. The van der Waals surface area contributed by atoms with E-state index in [0.717, 1.165) is 6.42 Å². The number of nitrogens with zero attached hydrogens (tertiary/aromatic N) is 2. The van der Waals surface area contributed by atoms with Crippen LogP contribution >= 0.6 is 0 Å². The summed E-state index contributed by atoms with van der Waals surface area (Å²) in [7, 11) is 0. The average Bonchev–Trinajstić information content (AvgIpc) is 2.51. The van der Waals surface area contributed by atoms with Crippen LogP contribution in [0, 0.1) is 29.4 Å². The van der Waals surface area contributed by atoms with Gasteiger partial charge in [-0.15, -0.1) is 0 Å². The summed E-state index contributed by atoms with van der Waals surface area (Å²) in [6, 6.07) is 0. The second-order valence-corrected chi connectivity index (χ2v) is 5.22. The predicted octanol–water partition coefficient (Wildman–Crippen LogP) is 2.38. The van der Waals surface area contributed by atoms with Gasteiger partial charge in [-0.3, -0.25) is 4.79 Å². The number of halogens is 4. The number of anilines is 1. The lowest BCUT2D eigenvalue weighted by Crippen LogP contribution is -2.41. The van der Waals surface area contributed by atoms with Crippen molar-refractivity contribution in [1.29, 1.82) is 0 Å². The third-order valence-corrected chi connectivity index (χ3v) is 3.71. The Bertz CT molecular complexity index is 533. The first-order chi connectivity index (χ1) is 10.5. The maximum Gasteiger partial charge on any atom is 0.253 e.